The van der Waals surface area contributed by atoms with Crippen LogP contribution in [0.15, 0.2) is 59.0 Å². The van der Waals surface area contributed by atoms with Gasteiger partial charge in [-0.3, -0.25) is 9.52 Å². The first-order valence-corrected chi connectivity index (χ1v) is 15.7. The Labute approximate surface area is 246 Å². The number of sulfonamides is 1. The number of carbonyl (C=O) groups excluding carboxylic acids is 1. The summed E-state index contributed by atoms with van der Waals surface area (Å²) >= 11 is 0. The van der Waals surface area contributed by atoms with Crippen molar-refractivity contribution in [3.8, 4) is 5.75 Å². The highest BCUT2D eigenvalue weighted by molar-refractivity contribution is 7.92. The van der Waals surface area contributed by atoms with Gasteiger partial charge in [0.2, 0.25) is 10.0 Å². The lowest BCUT2D eigenvalue weighted by Gasteiger charge is -2.24. The van der Waals surface area contributed by atoms with E-state index in [1.165, 1.54) is 20.0 Å². The molecule has 0 spiro atoms. The molecule has 0 radical (unpaired) electrons. The molecule has 1 fully saturated rings. The number of amides is 1. The van der Waals surface area contributed by atoms with E-state index < -0.39 is 10.0 Å². The fraction of sp³-hybridized carbons (Fsp3) is 0.400. The quantitative estimate of drug-likeness (QED) is 0.285. The van der Waals surface area contributed by atoms with Crippen molar-refractivity contribution in [1.82, 2.24) is 4.98 Å². The highest BCUT2D eigenvalue weighted by Crippen LogP contribution is 2.39. The highest BCUT2D eigenvalue weighted by Gasteiger charge is 2.26. The smallest absolute Gasteiger partial charge is 0.255 e. The Bertz CT molecular complexity index is 1630. The second-order valence-electron chi connectivity index (χ2n) is 11.9. The fourth-order valence-corrected chi connectivity index (χ4v) is 5.23. The van der Waals surface area contributed by atoms with Crippen molar-refractivity contribution in [2.45, 2.75) is 58.0 Å². The summed E-state index contributed by atoms with van der Waals surface area (Å²) in [6, 6.07) is 13.3. The molecule has 2 aliphatic rings. The number of aromatic nitrogens is 1. The fourth-order valence-electron chi connectivity index (χ4n) is 4.68. The molecule has 3 aromatic rings. The van der Waals surface area contributed by atoms with Crippen molar-refractivity contribution in [2.75, 3.05) is 40.3 Å². The van der Waals surface area contributed by atoms with E-state index in [0.29, 0.717) is 23.8 Å². The molecule has 0 saturated heterocycles. The molecular weight excluding hydrogens is 554 g/mol. The molecule has 3 N–H and O–H groups in total. The normalized spacial score (nSPS) is 16.8. The summed E-state index contributed by atoms with van der Waals surface area (Å²) in [5.74, 6) is 0.713. The molecule has 222 valence electrons. The summed E-state index contributed by atoms with van der Waals surface area (Å²) in [6.45, 7) is 8.49. The molecule has 11 nitrogen and oxygen atoms in total. The SMILES string of the molecule is COc1c(NC(=O)c2ccc(C)c(N3CC(c4ccc(NC5CC5)nc4)N=N3)c2)cc(C(C)(C)C)cc1NS(C)(=O)=O. The van der Waals surface area contributed by atoms with E-state index in [0.717, 1.165) is 34.5 Å². The van der Waals surface area contributed by atoms with Crippen LogP contribution in [0, 0.1) is 6.92 Å². The highest BCUT2D eigenvalue weighted by atomic mass is 32.2. The summed E-state index contributed by atoms with van der Waals surface area (Å²) in [4.78, 5) is 18.0. The minimum atomic E-state index is -3.59. The van der Waals surface area contributed by atoms with Gasteiger partial charge in [-0.1, -0.05) is 38.1 Å². The van der Waals surface area contributed by atoms with Crippen molar-refractivity contribution in [3.05, 3.63) is 70.9 Å². The topological polar surface area (TPSA) is 137 Å². The van der Waals surface area contributed by atoms with Crippen molar-refractivity contribution in [1.29, 1.82) is 0 Å². The van der Waals surface area contributed by atoms with Crippen molar-refractivity contribution in [3.63, 3.8) is 0 Å². The van der Waals surface area contributed by atoms with E-state index in [2.05, 4.69) is 30.7 Å². The van der Waals surface area contributed by atoms with E-state index in [-0.39, 0.29) is 28.8 Å². The first-order chi connectivity index (χ1) is 19.8. The molecule has 2 heterocycles. The van der Waals surface area contributed by atoms with E-state index in [9.17, 15) is 13.2 Å². The maximum Gasteiger partial charge on any atom is 0.255 e. The Morgan fingerprint density at radius 1 is 1.07 bits per heavy atom. The monoisotopic (exact) mass is 591 g/mol. The van der Waals surface area contributed by atoms with Gasteiger partial charge in [-0.05, 0) is 72.2 Å². The second-order valence-corrected chi connectivity index (χ2v) is 13.6. The minimum absolute atomic E-state index is 0.172. The standard InChI is InChI=1S/C30H37N7O4S/c1-18-7-8-19(13-26(18)37-17-25(34-36-37)20-9-12-27(31-16-20)32-22-10-11-22)29(38)33-23-14-21(30(2,3)4)15-24(28(23)41-5)35-42(6,39)40/h7-9,12-16,22,25,35H,10-11,17H2,1-6H3,(H,31,32)(H,33,38). The van der Waals surface area contributed by atoms with Crippen molar-refractivity contribution >= 4 is 38.8 Å². The van der Waals surface area contributed by atoms with Crippen LogP contribution in [0.4, 0.5) is 22.9 Å². The first-order valence-electron chi connectivity index (χ1n) is 13.8. The van der Waals surface area contributed by atoms with E-state index >= 15 is 0 Å². The van der Waals surface area contributed by atoms with Gasteiger partial charge in [0.05, 0.1) is 37.0 Å². The molecule has 12 heteroatoms. The van der Waals surface area contributed by atoms with E-state index in [1.807, 2.05) is 52.1 Å². The van der Waals surface area contributed by atoms with Gasteiger partial charge in [0.15, 0.2) is 5.75 Å². The first kappa shape index (κ1) is 29.3. The number of pyridine rings is 1. The largest absolute Gasteiger partial charge is 0.492 e. The maximum absolute atomic E-state index is 13.5. The molecule has 1 saturated carbocycles. The Morgan fingerprint density at radius 3 is 2.43 bits per heavy atom. The number of benzene rings is 2. The molecule has 1 aromatic heterocycles. The number of rotatable bonds is 9. The molecule has 1 aliphatic heterocycles. The second kappa shape index (κ2) is 11.2. The molecule has 1 aliphatic carbocycles. The third kappa shape index (κ3) is 6.81. The lowest BCUT2D eigenvalue weighted by atomic mass is 9.86. The van der Waals surface area contributed by atoms with Crippen LogP contribution in [-0.2, 0) is 15.4 Å². The third-order valence-electron chi connectivity index (χ3n) is 7.20. The number of nitrogens with zero attached hydrogens (tertiary/aromatic N) is 4. The van der Waals surface area contributed by atoms with Crippen LogP contribution in [0.3, 0.4) is 0 Å². The Hall–Kier alpha value is -4.19. The van der Waals surface area contributed by atoms with E-state index in [4.69, 9.17) is 4.74 Å². The van der Waals surface area contributed by atoms with Gasteiger partial charge in [-0.25, -0.2) is 18.4 Å². The van der Waals surface area contributed by atoms with Crippen LogP contribution in [0.25, 0.3) is 0 Å². The van der Waals surface area contributed by atoms with Crippen LogP contribution in [0.5, 0.6) is 5.75 Å². The van der Waals surface area contributed by atoms with Gasteiger partial charge >= 0.3 is 0 Å². The molecule has 1 atom stereocenters. The zero-order chi connectivity index (χ0) is 30.2. The molecule has 42 heavy (non-hydrogen) atoms. The minimum Gasteiger partial charge on any atom is -0.492 e. The Balaban J connectivity index is 1.36. The van der Waals surface area contributed by atoms with Crippen LogP contribution in [0.2, 0.25) is 0 Å². The van der Waals surface area contributed by atoms with Gasteiger partial charge in [-0.15, -0.1) is 0 Å². The number of ether oxygens (including phenoxy) is 1. The number of nitrogens with one attached hydrogen (secondary N) is 3. The van der Waals surface area contributed by atoms with Gasteiger partial charge < -0.3 is 15.4 Å². The molecule has 1 unspecified atom stereocenters. The number of carbonyl (C=O) groups is 1. The average Bonchev–Trinajstić information content (AvgIpc) is 3.59. The zero-order valence-electron chi connectivity index (χ0n) is 24.7. The van der Waals surface area contributed by atoms with Crippen molar-refractivity contribution in [2.24, 2.45) is 10.3 Å². The molecule has 2 aromatic carbocycles. The molecule has 0 bridgehead atoms. The summed E-state index contributed by atoms with van der Waals surface area (Å²) < 4.78 is 32.2. The van der Waals surface area contributed by atoms with Crippen LogP contribution in [-0.4, -0.2) is 45.3 Å². The lowest BCUT2D eigenvalue weighted by Crippen LogP contribution is -2.20. The number of aryl methyl sites for hydroxylation is 1. The number of methoxy groups -OCH3 is 1. The van der Waals surface area contributed by atoms with Gasteiger partial charge in [0.25, 0.3) is 5.91 Å². The number of anilines is 4. The summed E-state index contributed by atoms with van der Waals surface area (Å²) in [5.41, 5.74) is 4.20. The number of hydrogen-bond donors (Lipinski definition) is 3. The van der Waals surface area contributed by atoms with Gasteiger partial charge in [0, 0.05) is 17.8 Å². The van der Waals surface area contributed by atoms with Crippen molar-refractivity contribution < 1.29 is 17.9 Å². The summed E-state index contributed by atoms with van der Waals surface area (Å²) in [6.07, 6.45) is 5.27. The van der Waals surface area contributed by atoms with Gasteiger partial charge in [0.1, 0.15) is 11.9 Å². The molecule has 5 rings (SSSR count). The van der Waals surface area contributed by atoms with E-state index in [1.54, 1.807) is 29.3 Å². The number of hydrogen-bond acceptors (Lipinski definition) is 9. The summed E-state index contributed by atoms with van der Waals surface area (Å²) in [5, 5.41) is 17.0. The lowest BCUT2D eigenvalue weighted by molar-refractivity contribution is 0.102. The van der Waals surface area contributed by atoms with Crippen LogP contribution >= 0.6 is 0 Å². The average molecular weight is 592 g/mol. The predicted molar refractivity (Wildman–Crippen MR) is 165 cm³/mol. The Kier molecular flexibility index (Phi) is 7.84. The van der Waals surface area contributed by atoms with Crippen LogP contribution in [0.1, 0.15) is 66.7 Å². The van der Waals surface area contributed by atoms with Crippen LogP contribution < -0.4 is 25.1 Å². The molecular formula is C30H37N7O4S. The van der Waals surface area contributed by atoms with Gasteiger partial charge in [-0.2, -0.15) is 5.11 Å². The summed E-state index contributed by atoms with van der Waals surface area (Å²) in [7, 11) is -2.16. The third-order valence-corrected chi connectivity index (χ3v) is 7.79. The predicted octanol–water partition coefficient (Wildman–Crippen LogP) is 5.82. The maximum atomic E-state index is 13.5. The zero-order valence-corrected chi connectivity index (χ0v) is 25.5. The Morgan fingerprint density at radius 2 is 1.81 bits per heavy atom. The molecule has 1 amide bonds.